The molecule has 4 heterocycles. The van der Waals surface area contributed by atoms with Gasteiger partial charge in [-0.25, -0.2) is 0 Å². The maximum absolute atomic E-state index is 13.1. The van der Waals surface area contributed by atoms with Gasteiger partial charge in [-0.05, 0) is 49.7 Å². The Morgan fingerprint density at radius 2 is 1.30 bits per heavy atom. The van der Waals surface area contributed by atoms with Crippen LogP contribution in [0.5, 0.6) is 0 Å². The molecule has 0 aromatic carbocycles. The van der Waals surface area contributed by atoms with Gasteiger partial charge in [-0.2, -0.15) is 0 Å². The van der Waals surface area contributed by atoms with E-state index in [1.165, 1.54) is 35.5 Å². The molecule has 0 N–H and O–H groups in total. The van der Waals surface area contributed by atoms with Gasteiger partial charge in [-0.15, -0.1) is 45.3 Å². The molecule has 1 aliphatic rings. The fourth-order valence-electron chi connectivity index (χ4n) is 3.96. The minimum absolute atomic E-state index is 0.0615. The van der Waals surface area contributed by atoms with Gasteiger partial charge in [-0.1, -0.05) is 26.2 Å². The summed E-state index contributed by atoms with van der Waals surface area (Å²) in [6, 6.07) is 11.7. The van der Waals surface area contributed by atoms with E-state index in [0.29, 0.717) is 6.42 Å². The molecule has 7 heteroatoms. The Bertz CT molecular complexity index is 1380. The number of fused-ring (bicyclic) bond motifs is 3. The van der Waals surface area contributed by atoms with Crippen LogP contribution in [0.4, 0.5) is 0 Å². The highest BCUT2D eigenvalue weighted by atomic mass is 32.1. The van der Waals surface area contributed by atoms with E-state index in [4.69, 9.17) is 0 Å². The lowest BCUT2D eigenvalue weighted by Gasteiger charge is -1.98. The minimum atomic E-state index is 0.0615. The second-order valence-electron chi connectivity index (χ2n) is 8.15. The summed E-state index contributed by atoms with van der Waals surface area (Å²) in [6.45, 7) is 3.74. The fraction of sp³-hybridized carbons (Fsp3) is 0.269. The van der Waals surface area contributed by atoms with Crippen LogP contribution in [-0.2, 0) is 0 Å². The number of ketones is 3. The van der Waals surface area contributed by atoms with E-state index in [2.05, 4.69) is 6.92 Å². The zero-order chi connectivity index (χ0) is 23.1. The molecule has 0 saturated heterocycles. The summed E-state index contributed by atoms with van der Waals surface area (Å²) in [6.07, 6.45) is 5.00. The van der Waals surface area contributed by atoms with Gasteiger partial charge < -0.3 is 0 Å². The van der Waals surface area contributed by atoms with Gasteiger partial charge in [-0.3, -0.25) is 14.4 Å². The van der Waals surface area contributed by atoms with E-state index in [-0.39, 0.29) is 17.3 Å². The Balaban J connectivity index is 1.38. The molecule has 0 atom stereocenters. The smallest absolute Gasteiger partial charge is 0.196 e. The standard InChI is InChI=1S/C26H22O3S4/c1-3-4-5-6-7-17(28)19-9-11-21(31-19)23-13-16-24(29)15-12-22(32-25(15)26(16)33-23)20-10-8-18(30-20)14(2)27/h8-13H,3-7H2,1-2H3. The van der Waals surface area contributed by atoms with E-state index >= 15 is 0 Å². The van der Waals surface area contributed by atoms with Gasteiger partial charge >= 0.3 is 0 Å². The monoisotopic (exact) mass is 510 g/mol. The molecule has 3 nitrogen and oxygen atoms in total. The molecule has 4 aromatic rings. The van der Waals surface area contributed by atoms with Crippen molar-refractivity contribution in [2.45, 2.75) is 46.0 Å². The predicted octanol–water partition coefficient (Wildman–Crippen LogP) is 8.83. The van der Waals surface area contributed by atoms with Crippen LogP contribution >= 0.6 is 45.3 Å². The molecular formula is C26H22O3S4. The molecule has 4 aromatic heterocycles. The van der Waals surface area contributed by atoms with E-state index in [1.807, 2.05) is 36.4 Å². The summed E-state index contributed by atoms with van der Waals surface area (Å²) >= 11 is 6.24. The van der Waals surface area contributed by atoms with Crippen LogP contribution in [-0.4, -0.2) is 17.3 Å². The van der Waals surface area contributed by atoms with E-state index in [9.17, 15) is 14.4 Å². The normalized spacial score (nSPS) is 12.2. The first-order chi connectivity index (χ1) is 16.0. The quantitative estimate of drug-likeness (QED) is 0.147. The van der Waals surface area contributed by atoms with Crippen molar-refractivity contribution in [1.82, 2.24) is 0 Å². The van der Waals surface area contributed by atoms with Crippen molar-refractivity contribution < 1.29 is 14.4 Å². The Morgan fingerprint density at radius 1 is 0.727 bits per heavy atom. The van der Waals surface area contributed by atoms with Crippen molar-refractivity contribution in [3.8, 4) is 29.3 Å². The highest BCUT2D eigenvalue weighted by Gasteiger charge is 2.33. The van der Waals surface area contributed by atoms with Gasteiger partial charge in [0.15, 0.2) is 17.3 Å². The molecule has 0 bridgehead atoms. The average Bonchev–Trinajstić information content (AvgIpc) is 3.60. The van der Waals surface area contributed by atoms with Crippen molar-refractivity contribution in [3.63, 3.8) is 0 Å². The molecule has 0 fully saturated rings. The van der Waals surface area contributed by atoms with Gasteiger partial charge in [0.1, 0.15) is 0 Å². The lowest BCUT2D eigenvalue weighted by Crippen LogP contribution is -1.95. The second-order valence-corrected chi connectivity index (χ2v) is 12.4. The Labute approximate surface area is 208 Å². The topological polar surface area (TPSA) is 51.2 Å². The largest absolute Gasteiger partial charge is 0.294 e. The van der Waals surface area contributed by atoms with E-state index in [0.717, 1.165) is 63.0 Å². The van der Waals surface area contributed by atoms with Crippen LogP contribution in [0.2, 0.25) is 0 Å². The molecule has 0 aliphatic heterocycles. The summed E-state index contributed by atoms with van der Waals surface area (Å²) in [5, 5.41) is 0. The van der Waals surface area contributed by atoms with Crippen molar-refractivity contribution in [3.05, 3.63) is 57.3 Å². The summed E-state index contributed by atoms with van der Waals surface area (Å²) in [5.74, 6) is 0.345. The van der Waals surface area contributed by atoms with E-state index in [1.54, 1.807) is 29.6 Å². The van der Waals surface area contributed by atoms with Gasteiger partial charge in [0.05, 0.1) is 19.5 Å². The van der Waals surface area contributed by atoms with Crippen LogP contribution in [0.15, 0.2) is 36.4 Å². The SMILES string of the molecule is CCCCCCC(=O)c1ccc(-c2cc3c(s2)-c2sc(-c4ccc(C(C)=O)s4)cc2C3=O)s1. The Kier molecular flexibility index (Phi) is 6.31. The molecule has 168 valence electrons. The third-order valence-corrected chi connectivity index (χ3v) is 10.9. The summed E-state index contributed by atoms with van der Waals surface area (Å²) in [7, 11) is 0. The van der Waals surface area contributed by atoms with Crippen LogP contribution in [0.3, 0.4) is 0 Å². The molecule has 0 spiro atoms. The minimum Gasteiger partial charge on any atom is -0.294 e. The van der Waals surface area contributed by atoms with Crippen LogP contribution < -0.4 is 0 Å². The maximum atomic E-state index is 13.1. The molecule has 33 heavy (non-hydrogen) atoms. The number of hydrogen-bond acceptors (Lipinski definition) is 7. The molecule has 5 rings (SSSR count). The molecule has 1 aliphatic carbocycles. The van der Waals surface area contributed by atoms with Gasteiger partial charge in [0.25, 0.3) is 0 Å². The molecule has 0 radical (unpaired) electrons. The Hall–Kier alpha value is -2.19. The lowest BCUT2D eigenvalue weighted by atomic mass is 10.1. The highest BCUT2D eigenvalue weighted by molar-refractivity contribution is 7.29. The van der Waals surface area contributed by atoms with Crippen molar-refractivity contribution in [1.29, 1.82) is 0 Å². The predicted molar refractivity (Wildman–Crippen MR) is 141 cm³/mol. The third-order valence-electron chi connectivity index (χ3n) is 5.74. The van der Waals surface area contributed by atoms with Gasteiger partial charge in [0, 0.05) is 37.1 Å². The third kappa shape index (κ3) is 4.23. The fourth-order valence-corrected chi connectivity index (χ4v) is 8.47. The van der Waals surface area contributed by atoms with Crippen LogP contribution in [0, 0.1) is 0 Å². The van der Waals surface area contributed by atoms with E-state index < -0.39 is 0 Å². The second kappa shape index (κ2) is 9.22. The highest BCUT2D eigenvalue weighted by Crippen LogP contribution is 2.51. The molecule has 0 saturated carbocycles. The zero-order valence-electron chi connectivity index (χ0n) is 18.4. The number of thiophene rings is 4. The number of rotatable bonds is 9. The number of carbonyl (C=O) groups excluding carboxylic acids is 3. The van der Waals surface area contributed by atoms with Crippen LogP contribution in [0.25, 0.3) is 29.3 Å². The summed E-state index contributed by atoms with van der Waals surface area (Å²) < 4.78 is 0. The maximum Gasteiger partial charge on any atom is 0.196 e. The molecular weight excluding hydrogens is 489 g/mol. The first-order valence-corrected chi connectivity index (χ1v) is 14.3. The van der Waals surface area contributed by atoms with Crippen LogP contribution in [0.1, 0.15) is 81.2 Å². The average molecular weight is 511 g/mol. The van der Waals surface area contributed by atoms with Crippen molar-refractivity contribution in [2.24, 2.45) is 0 Å². The molecule has 0 amide bonds. The molecule has 0 unspecified atom stereocenters. The van der Waals surface area contributed by atoms with Gasteiger partial charge in [0.2, 0.25) is 0 Å². The summed E-state index contributed by atoms with van der Waals surface area (Å²) in [4.78, 5) is 45.0. The Morgan fingerprint density at radius 3 is 1.85 bits per heavy atom. The number of unbranched alkanes of at least 4 members (excludes halogenated alkanes) is 3. The zero-order valence-corrected chi connectivity index (χ0v) is 21.6. The number of Topliss-reactive ketones (excluding diaryl/α,β-unsaturated/α-hetero) is 2. The number of hydrogen-bond donors (Lipinski definition) is 0. The lowest BCUT2D eigenvalue weighted by molar-refractivity contribution is 0.0980. The first kappa shape index (κ1) is 22.6. The summed E-state index contributed by atoms with van der Waals surface area (Å²) in [5.41, 5.74) is 1.52. The van der Waals surface area contributed by atoms with Crippen molar-refractivity contribution in [2.75, 3.05) is 0 Å². The first-order valence-electron chi connectivity index (χ1n) is 11.0. The number of carbonyl (C=O) groups is 3. The van der Waals surface area contributed by atoms with Crippen molar-refractivity contribution >= 4 is 62.7 Å².